The van der Waals surface area contributed by atoms with Gasteiger partial charge in [-0.05, 0) is 30.4 Å². The average molecular weight is 250 g/mol. The highest BCUT2D eigenvalue weighted by molar-refractivity contribution is 5.07. The predicted molar refractivity (Wildman–Crippen MR) is 70.3 cm³/mol. The van der Waals surface area contributed by atoms with Crippen LogP contribution in [0.2, 0.25) is 0 Å². The van der Waals surface area contributed by atoms with E-state index >= 15 is 0 Å². The number of rotatable bonds is 7. The number of aromatic nitrogens is 1. The predicted octanol–water partition coefficient (Wildman–Crippen LogP) is 1.61. The third kappa shape index (κ3) is 5.12. The fourth-order valence-corrected chi connectivity index (χ4v) is 2.04. The summed E-state index contributed by atoms with van der Waals surface area (Å²) in [6, 6.07) is 4.03. The van der Waals surface area contributed by atoms with Gasteiger partial charge in [-0.15, -0.1) is 0 Å². The molecule has 18 heavy (non-hydrogen) atoms. The standard InChI is InChI=1S/C14H22N2O2/c1-2-14(10-15-5-1)11-16-6-9-18-12-13-3-7-17-8-4-13/h1-2,5,10,13,16H,3-4,6-9,11-12H2. The molecule has 0 unspecified atom stereocenters. The van der Waals surface area contributed by atoms with Crippen LogP contribution in [0.3, 0.4) is 0 Å². The van der Waals surface area contributed by atoms with E-state index in [1.165, 1.54) is 5.56 Å². The smallest absolute Gasteiger partial charge is 0.0591 e. The van der Waals surface area contributed by atoms with Crippen molar-refractivity contribution in [1.29, 1.82) is 0 Å². The number of hydrogen-bond acceptors (Lipinski definition) is 4. The molecule has 4 nitrogen and oxygen atoms in total. The van der Waals surface area contributed by atoms with E-state index in [4.69, 9.17) is 9.47 Å². The van der Waals surface area contributed by atoms with Gasteiger partial charge < -0.3 is 14.8 Å². The van der Waals surface area contributed by atoms with Crippen molar-refractivity contribution in [2.75, 3.05) is 33.0 Å². The molecule has 0 atom stereocenters. The third-order valence-corrected chi connectivity index (χ3v) is 3.17. The molecule has 1 aromatic rings. The molecule has 1 aliphatic heterocycles. The summed E-state index contributed by atoms with van der Waals surface area (Å²) >= 11 is 0. The van der Waals surface area contributed by atoms with Gasteiger partial charge in [-0.25, -0.2) is 0 Å². The lowest BCUT2D eigenvalue weighted by Gasteiger charge is -2.21. The second-order valence-electron chi connectivity index (χ2n) is 4.67. The van der Waals surface area contributed by atoms with Gasteiger partial charge >= 0.3 is 0 Å². The maximum absolute atomic E-state index is 5.68. The summed E-state index contributed by atoms with van der Waals surface area (Å²) in [5.74, 6) is 0.692. The molecule has 0 spiro atoms. The van der Waals surface area contributed by atoms with E-state index in [1.54, 1.807) is 6.20 Å². The molecule has 1 aliphatic rings. The Labute approximate surface area is 109 Å². The monoisotopic (exact) mass is 250 g/mol. The van der Waals surface area contributed by atoms with E-state index in [1.807, 2.05) is 12.3 Å². The first-order chi connectivity index (χ1) is 8.95. The largest absolute Gasteiger partial charge is 0.381 e. The molecule has 2 rings (SSSR count). The molecule has 0 saturated carbocycles. The van der Waals surface area contributed by atoms with Crippen LogP contribution < -0.4 is 5.32 Å². The van der Waals surface area contributed by atoms with Crippen molar-refractivity contribution in [2.24, 2.45) is 5.92 Å². The number of nitrogens with zero attached hydrogens (tertiary/aromatic N) is 1. The summed E-state index contributed by atoms with van der Waals surface area (Å²) in [6.07, 6.45) is 5.96. The zero-order valence-corrected chi connectivity index (χ0v) is 10.8. The molecular weight excluding hydrogens is 228 g/mol. The Balaban J connectivity index is 1.46. The maximum Gasteiger partial charge on any atom is 0.0591 e. The first-order valence-corrected chi connectivity index (χ1v) is 6.70. The first kappa shape index (κ1) is 13.5. The normalized spacial score (nSPS) is 16.9. The summed E-state index contributed by atoms with van der Waals surface area (Å²) in [5, 5.41) is 3.35. The lowest BCUT2D eigenvalue weighted by molar-refractivity contribution is 0.0214. The van der Waals surface area contributed by atoms with Crippen LogP contribution in [0.4, 0.5) is 0 Å². The fourth-order valence-electron chi connectivity index (χ4n) is 2.04. The van der Waals surface area contributed by atoms with Crippen molar-refractivity contribution in [3.63, 3.8) is 0 Å². The van der Waals surface area contributed by atoms with E-state index in [0.29, 0.717) is 5.92 Å². The van der Waals surface area contributed by atoms with Crippen molar-refractivity contribution in [3.05, 3.63) is 30.1 Å². The lowest BCUT2D eigenvalue weighted by Crippen LogP contribution is -2.23. The highest BCUT2D eigenvalue weighted by Gasteiger charge is 2.13. The minimum absolute atomic E-state index is 0.692. The van der Waals surface area contributed by atoms with Crippen LogP contribution in [0.1, 0.15) is 18.4 Å². The molecule has 1 fully saturated rings. The highest BCUT2D eigenvalue weighted by Crippen LogP contribution is 2.14. The second kappa shape index (κ2) is 8.19. The molecule has 0 amide bonds. The molecule has 1 saturated heterocycles. The van der Waals surface area contributed by atoms with E-state index in [2.05, 4.69) is 16.4 Å². The minimum atomic E-state index is 0.692. The van der Waals surface area contributed by atoms with Gasteiger partial charge in [0.25, 0.3) is 0 Å². The summed E-state index contributed by atoms with van der Waals surface area (Å²) in [7, 11) is 0. The molecule has 100 valence electrons. The Morgan fingerprint density at radius 2 is 2.28 bits per heavy atom. The summed E-state index contributed by atoms with van der Waals surface area (Å²) in [5.41, 5.74) is 1.21. The van der Waals surface area contributed by atoms with E-state index in [-0.39, 0.29) is 0 Å². The van der Waals surface area contributed by atoms with Crippen LogP contribution in [0.5, 0.6) is 0 Å². The number of hydrogen-bond donors (Lipinski definition) is 1. The van der Waals surface area contributed by atoms with Crippen LogP contribution in [0, 0.1) is 5.92 Å². The minimum Gasteiger partial charge on any atom is -0.381 e. The quantitative estimate of drug-likeness (QED) is 0.747. The lowest BCUT2D eigenvalue weighted by atomic mass is 10.0. The van der Waals surface area contributed by atoms with Crippen molar-refractivity contribution in [3.8, 4) is 0 Å². The Hall–Kier alpha value is -0.970. The summed E-state index contributed by atoms with van der Waals surface area (Å²) < 4.78 is 11.0. The van der Waals surface area contributed by atoms with Gasteiger partial charge in [0.15, 0.2) is 0 Å². The molecular formula is C14H22N2O2. The highest BCUT2D eigenvalue weighted by atomic mass is 16.5. The van der Waals surface area contributed by atoms with Crippen molar-refractivity contribution in [1.82, 2.24) is 10.3 Å². The number of ether oxygens (including phenoxy) is 2. The van der Waals surface area contributed by atoms with Gasteiger partial charge in [0.2, 0.25) is 0 Å². The molecule has 0 bridgehead atoms. The van der Waals surface area contributed by atoms with E-state index < -0.39 is 0 Å². The van der Waals surface area contributed by atoms with Crippen LogP contribution in [-0.2, 0) is 16.0 Å². The van der Waals surface area contributed by atoms with Crippen molar-refractivity contribution >= 4 is 0 Å². The molecule has 0 aliphatic carbocycles. The van der Waals surface area contributed by atoms with E-state index in [9.17, 15) is 0 Å². The number of pyridine rings is 1. The molecule has 1 N–H and O–H groups in total. The maximum atomic E-state index is 5.68. The Bertz CT molecular complexity index is 313. The van der Waals surface area contributed by atoms with Gasteiger partial charge in [0.1, 0.15) is 0 Å². The third-order valence-electron chi connectivity index (χ3n) is 3.17. The van der Waals surface area contributed by atoms with Gasteiger partial charge in [-0.1, -0.05) is 6.07 Å². The summed E-state index contributed by atoms with van der Waals surface area (Å²) in [6.45, 7) is 5.18. The van der Waals surface area contributed by atoms with Crippen molar-refractivity contribution < 1.29 is 9.47 Å². The van der Waals surface area contributed by atoms with Crippen LogP contribution in [-0.4, -0.2) is 38.0 Å². The van der Waals surface area contributed by atoms with Gasteiger partial charge in [-0.3, -0.25) is 4.98 Å². The average Bonchev–Trinajstić information content (AvgIpc) is 2.45. The molecule has 0 aromatic carbocycles. The molecule has 0 radical (unpaired) electrons. The van der Waals surface area contributed by atoms with Gasteiger partial charge in [0.05, 0.1) is 6.61 Å². The van der Waals surface area contributed by atoms with Crippen LogP contribution in [0.15, 0.2) is 24.5 Å². The zero-order valence-electron chi connectivity index (χ0n) is 10.8. The molecule has 2 heterocycles. The van der Waals surface area contributed by atoms with E-state index in [0.717, 1.165) is 52.4 Å². The molecule has 4 heteroatoms. The Kier molecular flexibility index (Phi) is 6.12. The first-order valence-electron chi connectivity index (χ1n) is 6.70. The Morgan fingerprint density at radius 3 is 3.06 bits per heavy atom. The molecule has 1 aromatic heterocycles. The summed E-state index contributed by atoms with van der Waals surface area (Å²) in [4.78, 5) is 4.08. The Morgan fingerprint density at radius 1 is 1.39 bits per heavy atom. The van der Waals surface area contributed by atoms with Gasteiger partial charge in [-0.2, -0.15) is 0 Å². The second-order valence-corrected chi connectivity index (χ2v) is 4.67. The zero-order chi connectivity index (χ0) is 12.5. The topological polar surface area (TPSA) is 43.4 Å². The van der Waals surface area contributed by atoms with Crippen LogP contribution in [0.25, 0.3) is 0 Å². The number of nitrogens with one attached hydrogen (secondary N) is 1. The SMILES string of the molecule is c1cncc(CNCCOCC2CCOCC2)c1. The van der Waals surface area contributed by atoms with Crippen LogP contribution >= 0.6 is 0 Å². The van der Waals surface area contributed by atoms with Crippen molar-refractivity contribution in [2.45, 2.75) is 19.4 Å². The fraction of sp³-hybridized carbons (Fsp3) is 0.643. The van der Waals surface area contributed by atoms with Gasteiger partial charge in [0, 0.05) is 45.3 Å².